The van der Waals surface area contributed by atoms with Gasteiger partial charge in [-0.2, -0.15) is 0 Å². The predicted molar refractivity (Wildman–Crippen MR) is 81.1 cm³/mol. The Labute approximate surface area is 126 Å². The lowest BCUT2D eigenvalue weighted by Gasteiger charge is -2.05. The standard InChI is InChI=1S/C13H19NO4S2/c15-13(16)5-3-7-17-8-9-18-10-11-19-20-12-4-1-2-6-14-12/h1-2,4,6H,3,5,7-11H2,(H,15,16). The van der Waals surface area contributed by atoms with E-state index in [1.165, 1.54) is 0 Å². The molecule has 0 bridgehead atoms. The third kappa shape index (κ3) is 10.1. The Bertz CT molecular complexity index is 365. The van der Waals surface area contributed by atoms with Gasteiger partial charge in [-0.1, -0.05) is 16.9 Å². The van der Waals surface area contributed by atoms with Crippen molar-refractivity contribution in [1.29, 1.82) is 0 Å². The maximum Gasteiger partial charge on any atom is 0.303 e. The molecule has 20 heavy (non-hydrogen) atoms. The highest BCUT2D eigenvalue weighted by molar-refractivity contribution is 8.76. The van der Waals surface area contributed by atoms with Crippen LogP contribution in [0.5, 0.6) is 0 Å². The third-order valence-electron chi connectivity index (χ3n) is 2.14. The molecule has 1 heterocycles. The maximum atomic E-state index is 10.2. The Morgan fingerprint density at radius 1 is 1.20 bits per heavy atom. The molecule has 7 heteroatoms. The molecule has 0 saturated carbocycles. The van der Waals surface area contributed by atoms with Gasteiger partial charge in [0.15, 0.2) is 0 Å². The van der Waals surface area contributed by atoms with Crippen molar-refractivity contribution in [3.8, 4) is 0 Å². The zero-order valence-electron chi connectivity index (χ0n) is 11.2. The summed E-state index contributed by atoms with van der Waals surface area (Å²) in [6.45, 7) is 2.20. The van der Waals surface area contributed by atoms with Crippen molar-refractivity contribution in [2.45, 2.75) is 17.9 Å². The zero-order chi connectivity index (χ0) is 14.5. The van der Waals surface area contributed by atoms with Crippen LogP contribution in [0.1, 0.15) is 12.8 Å². The van der Waals surface area contributed by atoms with Crippen molar-refractivity contribution in [3.05, 3.63) is 24.4 Å². The summed E-state index contributed by atoms with van der Waals surface area (Å²) in [5.41, 5.74) is 0. The average molecular weight is 317 g/mol. The van der Waals surface area contributed by atoms with Gasteiger partial charge in [0.2, 0.25) is 0 Å². The second-order valence-corrected chi connectivity index (χ2v) is 6.23. The lowest BCUT2D eigenvalue weighted by atomic mass is 10.3. The van der Waals surface area contributed by atoms with E-state index in [4.69, 9.17) is 14.6 Å². The minimum absolute atomic E-state index is 0.155. The molecule has 0 spiro atoms. The quantitative estimate of drug-likeness (QED) is 0.469. The van der Waals surface area contributed by atoms with E-state index >= 15 is 0 Å². The van der Waals surface area contributed by atoms with Crippen molar-refractivity contribution in [1.82, 2.24) is 4.98 Å². The highest BCUT2D eigenvalue weighted by Gasteiger charge is 1.97. The number of aromatic nitrogens is 1. The van der Waals surface area contributed by atoms with Crippen molar-refractivity contribution < 1.29 is 19.4 Å². The highest BCUT2D eigenvalue weighted by Crippen LogP contribution is 2.28. The SMILES string of the molecule is O=C(O)CCCOCCOCCSSc1ccccn1. The number of rotatable bonds is 12. The van der Waals surface area contributed by atoms with Gasteiger partial charge in [0.1, 0.15) is 5.03 Å². The normalized spacial score (nSPS) is 10.6. The van der Waals surface area contributed by atoms with Gasteiger partial charge in [-0.15, -0.1) is 0 Å². The fourth-order valence-corrected chi connectivity index (χ4v) is 2.98. The van der Waals surface area contributed by atoms with Crippen molar-refractivity contribution in [2.75, 3.05) is 32.2 Å². The molecule has 0 radical (unpaired) electrons. The summed E-state index contributed by atoms with van der Waals surface area (Å²) in [4.78, 5) is 14.5. The number of ether oxygens (including phenoxy) is 2. The number of aliphatic carboxylic acids is 1. The van der Waals surface area contributed by atoms with Crippen LogP contribution >= 0.6 is 21.6 Å². The summed E-state index contributed by atoms with van der Waals surface area (Å²) in [6.07, 6.45) is 2.48. The Balaban J connectivity index is 1.80. The molecule has 0 fully saturated rings. The molecule has 1 aromatic heterocycles. The van der Waals surface area contributed by atoms with Gasteiger partial charge < -0.3 is 14.6 Å². The van der Waals surface area contributed by atoms with E-state index in [1.807, 2.05) is 18.2 Å². The van der Waals surface area contributed by atoms with E-state index in [2.05, 4.69) is 4.98 Å². The molecule has 112 valence electrons. The van der Waals surface area contributed by atoms with E-state index in [-0.39, 0.29) is 6.42 Å². The molecule has 0 aliphatic carbocycles. The summed E-state index contributed by atoms with van der Waals surface area (Å²) in [7, 11) is 3.34. The predicted octanol–water partition coefficient (Wildman–Crippen LogP) is 2.72. The molecular formula is C13H19NO4S2. The van der Waals surface area contributed by atoms with Crippen LogP contribution in [-0.2, 0) is 14.3 Å². The van der Waals surface area contributed by atoms with Gasteiger partial charge in [-0.3, -0.25) is 4.79 Å². The monoisotopic (exact) mass is 317 g/mol. The molecule has 0 aromatic carbocycles. The Morgan fingerprint density at radius 3 is 2.70 bits per heavy atom. The molecule has 1 rings (SSSR count). The fraction of sp³-hybridized carbons (Fsp3) is 0.538. The Morgan fingerprint density at radius 2 is 2.00 bits per heavy atom. The maximum absolute atomic E-state index is 10.2. The van der Waals surface area contributed by atoms with Gasteiger partial charge in [0, 0.05) is 25.0 Å². The van der Waals surface area contributed by atoms with Gasteiger partial charge in [-0.25, -0.2) is 4.98 Å². The smallest absolute Gasteiger partial charge is 0.303 e. The average Bonchev–Trinajstić information content (AvgIpc) is 2.45. The lowest BCUT2D eigenvalue weighted by molar-refractivity contribution is -0.137. The minimum atomic E-state index is -0.785. The molecular weight excluding hydrogens is 298 g/mol. The highest BCUT2D eigenvalue weighted by atomic mass is 33.1. The number of hydrogen-bond acceptors (Lipinski definition) is 6. The van der Waals surface area contributed by atoms with E-state index in [1.54, 1.807) is 27.8 Å². The van der Waals surface area contributed by atoms with Gasteiger partial charge in [0.25, 0.3) is 0 Å². The molecule has 5 nitrogen and oxygen atoms in total. The van der Waals surface area contributed by atoms with E-state index in [0.717, 1.165) is 10.8 Å². The molecule has 0 amide bonds. The molecule has 0 unspecified atom stereocenters. The molecule has 0 aliphatic rings. The largest absolute Gasteiger partial charge is 0.481 e. The first kappa shape index (κ1) is 17.3. The molecule has 0 saturated heterocycles. The van der Waals surface area contributed by atoms with Gasteiger partial charge in [-0.05, 0) is 29.3 Å². The third-order valence-corrected chi connectivity index (χ3v) is 4.37. The zero-order valence-corrected chi connectivity index (χ0v) is 12.8. The van der Waals surface area contributed by atoms with Crippen molar-refractivity contribution in [3.63, 3.8) is 0 Å². The first-order valence-corrected chi connectivity index (χ1v) is 8.68. The Kier molecular flexibility index (Phi) is 10.4. The molecule has 1 N–H and O–H groups in total. The second kappa shape index (κ2) is 12.0. The fourth-order valence-electron chi connectivity index (χ4n) is 1.24. The summed E-state index contributed by atoms with van der Waals surface area (Å²) in [5.74, 6) is 0.104. The lowest BCUT2D eigenvalue weighted by Crippen LogP contribution is -2.08. The number of carboxylic acids is 1. The van der Waals surface area contributed by atoms with Crippen molar-refractivity contribution in [2.24, 2.45) is 0 Å². The van der Waals surface area contributed by atoms with Crippen LogP contribution < -0.4 is 0 Å². The first-order valence-electron chi connectivity index (χ1n) is 6.37. The second-order valence-electron chi connectivity index (χ2n) is 3.80. The van der Waals surface area contributed by atoms with E-state index < -0.39 is 5.97 Å². The number of carbonyl (C=O) groups is 1. The number of nitrogens with zero attached hydrogens (tertiary/aromatic N) is 1. The molecule has 0 atom stereocenters. The van der Waals surface area contributed by atoms with Gasteiger partial charge >= 0.3 is 5.97 Å². The van der Waals surface area contributed by atoms with Crippen LogP contribution in [0.15, 0.2) is 29.4 Å². The summed E-state index contributed by atoms with van der Waals surface area (Å²) in [5, 5.41) is 9.43. The Hall–Kier alpha value is -0.760. The molecule has 0 aliphatic heterocycles. The van der Waals surface area contributed by atoms with E-state index in [9.17, 15) is 4.79 Å². The van der Waals surface area contributed by atoms with Crippen molar-refractivity contribution >= 4 is 27.6 Å². The number of carboxylic acid groups (broad SMARTS) is 1. The van der Waals surface area contributed by atoms with Crippen LogP contribution in [0.2, 0.25) is 0 Å². The van der Waals surface area contributed by atoms with Crippen LogP contribution in [0, 0.1) is 0 Å². The van der Waals surface area contributed by atoms with Crippen LogP contribution in [-0.4, -0.2) is 48.2 Å². The first-order chi connectivity index (χ1) is 9.79. The number of hydrogen-bond donors (Lipinski definition) is 1. The van der Waals surface area contributed by atoms with E-state index in [0.29, 0.717) is 32.8 Å². The summed E-state index contributed by atoms with van der Waals surface area (Å²) < 4.78 is 10.7. The minimum Gasteiger partial charge on any atom is -0.481 e. The van der Waals surface area contributed by atoms with Crippen LogP contribution in [0.3, 0.4) is 0 Å². The van der Waals surface area contributed by atoms with Crippen LogP contribution in [0.25, 0.3) is 0 Å². The summed E-state index contributed by atoms with van der Waals surface area (Å²) >= 11 is 0. The topological polar surface area (TPSA) is 68.7 Å². The van der Waals surface area contributed by atoms with Crippen LogP contribution in [0.4, 0.5) is 0 Å². The molecule has 1 aromatic rings. The summed E-state index contributed by atoms with van der Waals surface area (Å²) in [6, 6.07) is 5.84. The van der Waals surface area contributed by atoms with Gasteiger partial charge in [0.05, 0.1) is 19.8 Å². The number of pyridine rings is 1.